The van der Waals surface area contributed by atoms with E-state index in [9.17, 15) is 4.79 Å². The lowest BCUT2D eigenvalue weighted by molar-refractivity contribution is 0.0609. The molecule has 3 fully saturated rings. The first-order chi connectivity index (χ1) is 13.0. The zero-order valence-corrected chi connectivity index (χ0v) is 16.5. The quantitative estimate of drug-likeness (QED) is 0.879. The van der Waals surface area contributed by atoms with Crippen molar-refractivity contribution in [3.63, 3.8) is 0 Å². The van der Waals surface area contributed by atoms with Crippen LogP contribution in [0.5, 0.6) is 0 Å². The van der Waals surface area contributed by atoms with Crippen molar-refractivity contribution in [1.29, 1.82) is 0 Å². The van der Waals surface area contributed by atoms with Crippen molar-refractivity contribution in [2.24, 2.45) is 5.41 Å². The number of aromatic nitrogens is 1. The van der Waals surface area contributed by atoms with E-state index in [0.29, 0.717) is 11.3 Å². The molecule has 3 aliphatic rings. The molecule has 0 atom stereocenters. The molecule has 2 aliphatic heterocycles. The first-order valence-corrected chi connectivity index (χ1v) is 10.5. The number of piperidine rings is 1. The van der Waals surface area contributed by atoms with Crippen molar-refractivity contribution < 1.29 is 4.79 Å². The number of nitrogens with one attached hydrogen (secondary N) is 1. The zero-order chi connectivity index (χ0) is 18.6. The molecule has 1 aliphatic carbocycles. The lowest BCUT2D eigenvalue weighted by Gasteiger charge is -2.39. The topological polar surface area (TPSA) is 45.2 Å². The van der Waals surface area contributed by atoms with Crippen LogP contribution in [0.3, 0.4) is 0 Å². The van der Waals surface area contributed by atoms with E-state index in [1.807, 2.05) is 0 Å². The number of aryl methyl sites for hydroxylation is 2. The molecule has 0 unspecified atom stereocenters. The lowest BCUT2D eigenvalue weighted by atomic mass is 9.77. The third kappa shape index (κ3) is 3.04. The summed E-state index contributed by atoms with van der Waals surface area (Å²) in [5.41, 5.74) is 5.81. The van der Waals surface area contributed by atoms with Crippen molar-refractivity contribution in [2.45, 2.75) is 51.9 Å². The molecule has 1 spiro atoms. The predicted octanol–water partition coefficient (Wildman–Crippen LogP) is 3.94. The maximum Gasteiger partial charge on any atom is 0.254 e. The van der Waals surface area contributed by atoms with Gasteiger partial charge in [0, 0.05) is 36.6 Å². The molecule has 2 saturated heterocycles. The molecule has 1 N–H and O–H groups in total. The number of hydrogen-bond acceptors (Lipinski definition) is 3. The summed E-state index contributed by atoms with van der Waals surface area (Å²) >= 11 is 0. The Morgan fingerprint density at radius 1 is 1.15 bits per heavy atom. The van der Waals surface area contributed by atoms with Gasteiger partial charge in [-0.15, -0.1) is 0 Å². The van der Waals surface area contributed by atoms with Gasteiger partial charge in [0.2, 0.25) is 0 Å². The Hall–Kier alpha value is -1.94. The van der Waals surface area contributed by atoms with Crippen molar-refractivity contribution in [2.75, 3.05) is 26.2 Å². The molecule has 1 aromatic heterocycles. The van der Waals surface area contributed by atoms with E-state index >= 15 is 0 Å². The Kier molecular flexibility index (Phi) is 4.01. The monoisotopic (exact) mass is 363 g/mol. The number of nitrogens with zero attached hydrogens (tertiary/aromatic N) is 2. The van der Waals surface area contributed by atoms with Crippen LogP contribution >= 0.6 is 0 Å². The molecule has 1 amide bonds. The summed E-state index contributed by atoms with van der Waals surface area (Å²) in [5, 5.41) is 4.54. The SMILES string of the molecule is Cc1cc(C)c2nc(C3CC3)cc(C(=O)N3CCC4(CCNC4)CC3)c2c1. The Balaban J connectivity index is 1.50. The second-order valence-corrected chi connectivity index (χ2v) is 9.07. The standard InChI is InChI=1S/C23H29N3O/c1-15-11-16(2)21-18(12-15)19(13-20(25-21)17-3-4-17)22(27)26-9-6-23(7-10-26)5-8-24-14-23/h11-13,17,24H,3-10,14H2,1-2H3. The van der Waals surface area contributed by atoms with Crippen molar-refractivity contribution in [3.8, 4) is 0 Å². The smallest absolute Gasteiger partial charge is 0.254 e. The summed E-state index contributed by atoms with van der Waals surface area (Å²) < 4.78 is 0. The van der Waals surface area contributed by atoms with Crippen molar-refractivity contribution in [3.05, 3.63) is 40.6 Å². The van der Waals surface area contributed by atoms with E-state index < -0.39 is 0 Å². The minimum absolute atomic E-state index is 0.204. The molecule has 1 aromatic carbocycles. The Morgan fingerprint density at radius 2 is 1.93 bits per heavy atom. The van der Waals surface area contributed by atoms with Crippen LogP contribution in [0.25, 0.3) is 10.9 Å². The van der Waals surface area contributed by atoms with Gasteiger partial charge in [0.15, 0.2) is 0 Å². The molecule has 3 heterocycles. The van der Waals surface area contributed by atoms with E-state index in [0.717, 1.165) is 61.2 Å². The summed E-state index contributed by atoms with van der Waals surface area (Å²) in [6.45, 7) is 8.24. The number of benzene rings is 1. The van der Waals surface area contributed by atoms with Crippen LogP contribution in [0.15, 0.2) is 18.2 Å². The van der Waals surface area contributed by atoms with Gasteiger partial charge in [-0.25, -0.2) is 0 Å². The van der Waals surface area contributed by atoms with Gasteiger partial charge in [-0.3, -0.25) is 9.78 Å². The first kappa shape index (κ1) is 17.2. The van der Waals surface area contributed by atoms with Gasteiger partial charge in [0.1, 0.15) is 0 Å². The number of amides is 1. The molecule has 0 bridgehead atoms. The lowest BCUT2D eigenvalue weighted by Crippen LogP contribution is -2.44. The van der Waals surface area contributed by atoms with Crippen LogP contribution in [0.1, 0.15) is 65.2 Å². The van der Waals surface area contributed by atoms with Gasteiger partial charge in [-0.05, 0) is 75.6 Å². The van der Waals surface area contributed by atoms with Gasteiger partial charge < -0.3 is 10.2 Å². The van der Waals surface area contributed by atoms with Crippen LogP contribution in [-0.4, -0.2) is 42.0 Å². The average molecular weight is 364 g/mol. The van der Waals surface area contributed by atoms with Crippen molar-refractivity contribution in [1.82, 2.24) is 15.2 Å². The average Bonchev–Trinajstić information content (AvgIpc) is 3.42. The van der Waals surface area contributed by atoms with Gasteiger partial charge >= 0.3 is 0 Å². The highest BCUT2D eigenvalue weighted by atomic mass is 16.2. The molecular weight excluding hydrogens is 334 g/mol. The fourth-order valence-corrected chi connectivity index (χ4v) is 5.04. The van der Waals surface area contributed by atoms with Crippen LogP contribution in [0.4, 0.5) is 0 Å². The van der Waals surface area contributed by atoms with Crippen LogP contribution < -0.4 is 5.32 Å². The molecule has 2 aromatic rings. The number of rotatable bonds is 2. The number of likely N-dealkylation sites (tertiary alicyclic amines) is 1. The third-order valence-electron chi connectivity index (χ3n) is 6.94. The van der Waals surface area contributed by atoms with E-state index in [-0.39, 0.29) is 5.91 Å². The summed E-state index contributed by atoms with van der Waals surface area (Å²) in [6.07, 6.45) is 5.93. The summed E-state index contributed by atoms with van der Waals surface area (Å²) in [6, 6.07) is 6.42. The van der Waals surface area contributed by atoms with Gasteiger partial charge in [0.25, 0.3) is 5.91 Å². The largest absolute Gasteiger partial charge is 0.339 e. The summed E-state index contributed by atoms with van der Waals surface area (Å²) in [4.78, 5) is 20.6. The maximum atomic E-state index is 13.5. The molecule has 5 rings (SSSR count). The van der Waals surface area contributed by atoms with Gasteiger partial charge in [-0.1, -0.05) is 11.6 Å². The van der Waals surface area contributed by atoms with Crippen LogP contribution in [0.2, 0.25) is 0 Å². The van der Waals surface area contributed by atoms with Crippen LogP contribution in [0, 0.1) is 19.3 Å². The molecule has 0 radical (unpaired) electrons. The number of pyridine rings is 1. The van der Waals surface area contributed by atoms with E-state index in [4.69, 9.17) is 4.98 Å². The minimum Gasteiger partial charge on any atom is -0.339 e. The maximum absolute atomic E-state index is 13.5. The van der Waals surface area contributed by atoms with E-state index in [2.05, 4.69) is 42.3 Å². The first-order valence-electron chi connectivity index (χ1n) is 10.5. The summed E-state index contributed by atoms with van der Waals surface area (Å²) in [5.74, 6) is 0.756. The number of carbonyl (C=O) groups is 1. The second-order valence-electron chi connectivity index (χ2n) is 9.07. The summed E-state index contributed by atoms with van der Waals surface area (Å²) in [7, 11) is 0. The van der Waals surface area contributed by atoms with Crippen molar-refractivity contribution >= 4 is 16.8 Å². The Morgan fingerprint density at radius 3 is 2.59 bits per heavy atom. The van der Waals surface area contributed by atoms with E-state index in [1.165, 1.54) is 30.4 Å². The second kappa shape index (κ2) is 6.30. The van der Waals surface area contributed by atoms with Crippen LogP contribution in [-0.2, 0) is 0 Å². The molecule has 142 valence electrons. The Bertz CT molecular complexity index is 899. The molecular formula is C23H29N3O. The normalized spacial score (nSPS) is 21.9. The van der Waals surface area contributed by atoms with E-state index in [1.54, 1.807) is 0 Å². The number of fused-ring (bicyclic) bond motifs is 1. The fraction of sp³-hybridized carbons (Fsp3) is 0.565. The number of carbonyl (C=O) groups excluding carboxylic acids is 1. The molecule has 1 saturated carbocycles. The highest BCUT2D eigenvalue weighted by Crippen LogP contribution is 2.41. The van der Waals surface area contributed by atoms with Gasteiger partial charge in [0.05, 0.1) is 11.1 Å². The Labute approximate surface area is 161 Å². The zero-order valence-electron chi connectivity index (χ0n) is 16.5. The fourth-order valence-electron chi connectivity index (χ4n) is 5.04. The third-order valence-corrected chi connectivity index (χ3v) is 6.94. The molecule has 27 heavy (non-hydrogen) atoms. The van der Waals surface area contributed by atoms with Gasteiger partial charge in [-0.2, -0.15) is 0 Å². The molecule has 4 nitrogen and oxygen atoms in total. The predicted molar refractivity (Wildman–Crippen MR) is 108 cm³/mol. The minimum atomic E-state index is 0.204. The molecule has 4 heteroatoms. The highest BCUT2D eigenvalue weighted by Gasteiger charge is 2.38. The number of hydrogen-bond donors (Lipinski definition) is 1. The highest BCUT2D eigenvalue weighted by molar-refractivity contribution is 6.07.